The van der Waals surface area contributed by atoms with Crippen LogP contribution in [0.5, 0.6) is 11.5 Å². The standard InChI is InChI=1S/C20H25N3O4/c1-13(2)18(20(25)22-12-14-7-6-10-21-11-14)23-19(24)17-15(26-3)8-5-9-16(17)27-4/h5-11,13,18H,12H2,1-4H3,(H,22,25)(H,23,24)/t18-/m1/s1. The topological polar surface area (TPSA) is 89.5 Å². The number of nitrogens with one attached hydrogen (secondary N) is 2. The molecular formula is C20H25N3O4. The summed E-state index contributed by atoms with van der Waals surface area (Å²) in [5.41, 5.74) is 1.14. The van der Waals surface area contributed by atoms with E-state index in [4.69, 9.17) is 9.47 Å². The average molecular weight is 371 g/mol. The maximum atomic E-state index is 12.8. The van der Waals surface area contributed by atoms with Gasteiger partial charge in [-0.15, -0.1) is 0 Å². The average Bonchev–Trinajstić information content (AvgIpc) is 2.69. The molecule has 0 unspecified atom stereocenters. The molecule has 0 aliphatic carbocycles. The van der Waals surface area contributed by atoms with Crippen molar-refractivity contribution in [2.24, 2.45) is 5.92 Å². The molecule has 2 rings (SSSR count). The Balaban J connectivity index is 2.14. The van der Waals surface area contributed by atoms with E-state index in [1.807, 2.05) is 19.9 Å². The molecule has 0 aliphatic rings. The number of benzene rings is 1. The largest absolute Gasteiger partial charge is 0.496 e. The lowest BCUT2D eigenvalue weighted by atomic mass is 10.0. The second kappa shape index (κ2) is 9.56. The van der Waals surface area contributed by atoms with Gasteiger partial charge in [-0.3, -0.25) is 14.6 Å². The minimum atomic E-state index is -0.705. The van der Waals surface area contributed by atoms with Gasteiger partial charge in [-0.05, 0) is 29.7 Å². The lowest BCUT2D eigenvalue weighted by molar-refractivity contribution is -0.124. The summed E-state index contributed by atoms with van der Waals surface area (Å²) >= 11 is 0. The zero-order valence-corrected chi connectivity index (χ0v) is 16.0. The quantitative estimate of drug-likeness (QED) is 0.742. The number of carbonyl (C=O) groups is 2. The van der Waals surface area contributed by atoms with Crippen molar-refractivity contribution in [2.75, 3.05) is 14.2 Å². The Labute approximate surface area is 159 Å². The molecule has 0 saturated carbocycles. The van der Waals surface area contributed by atoms with Gasteiger partial charge in [-0.1, -0.05) is 26.0 Å². The third kappa shape index (κ3) is 5.20. The Bertz CT molecular complexity index is 756. The van der Waals surface area contributed by atoms with Crippen molar-refractivity contribution in [3.63, 3.8) is 0 Å². The highest BCUT2D eigenvalue weighted by molar-refractivity contribution is 6.02. The molecule has 2 N–H and O–H groups in total. The Kier molecular flexibility index (Phi) is 7.16. The molecule has 144 valence electrons. The van der Waals surface area contributed by atoms with E-state index in [1.54, 1.807) is 36.7 Å². The van der Waals surface area contributed by atoms with Crippen molar-refractivity contribution in [2.45, 2.75) is 26.4 Å². The number of methoxy groups -OCH3 is 2. The maximum absolute atomic E-state index is 12.8. The summed E-state index contributed by atoms with van der Waals surface area (Å²) in [4.78, 5) is 29.5. The molecule has 1 aromatic carbocycles. The van der Waals surface area contributed by atoms with E-state index in [2.05, 4.69) is 15.6 Å². The van der Waals surface area contributed by atoms with Crippen molar-refractivity contribution >= 4 is 11.8 Å². The third-order valence-corrected chi connectivity index (χ3v) is 4.08. The zero-order valence-electron chi connectivity index (χ0n) is 16.0. The molecule has 27 heavy (non-hydrogen) atoms. The predicted octanol–water partition coefficient (Wildman–Crippen LogP) is 2.17. The molecule has 0 radical (unpaired) electrons. The van der Waals surface area contributed by atoms with Gasteiger partial charge < -0.3 is 20.1 Å². The van der Waals surface area contributed by atoms with E-state index in [1.165, 1.54) is 14.2 Å². The summed E-state index contributed by atoms with van der Waals surface area (Å²) in [5.74, 6) is -0.0469. The number of hydrogen-bond donors (Lipinski definition) is 2. The Hall–Kier alpha value is -3.09. The molecule has 0 saturated heterocycles. The van der Waals surface area contributed by atoms with Crippen LogP contribution < -0.4 is 20.1 Å². The van der Waals surface area contributed by atoms with Crippen LogP contribution in [0.1, 0.15) is 29.8 Å². The van der Waals surface area contributed by atoms with Crippen LogP contribution in [0.15, 0.2) is 42.7 Å². The first-order chi connectivity index (χ1) is 13.0. The van der Waals surface area contributed by atoms with Crippen LogP contribution in [0.2, 0.25) is 0 Å². The van der Waals surface area contributed by atoms with Crippen molar-refractivity contribution < 1.29 is 19.1 Å². The molecule has 1 aromatic heterocycles. The predicted molar refractivity (Wildman–Crippen MR) is 102 cm³/mol. The van der Waals surface area contributed by atoms with Gasteiger partial charge >= 0.3 is 0 Å². The molecule has 0 aliphatic heterocycles. The highest BCUT2D eigenvalue weighted by Gasteiger charge is 2.27. The van der Waals surface area contributed by atoms with E-state index >= 15 is 0 Å². The van der Waals surface area contributed by atoms with Gasteiger partial charge in [0.05, 0.1) is 14.2 Å². The van der Waals surface area contributed by atoms with Gasteiger partial charge in [0, 0.05) is 18.9 Å². The Morgan fingerprint density at radius 1 is 1.07 bits per heavy atom. The fraction of sp³-hybridized carbons (Fsp3) is 0.350. The SMILES string of the molecule is COc1cccc(OC)c1C(=O)N[C@@H](C(=O)NCc1cccnc1)C(C)C. The first kappa shape index (κ1) is 20.2. The van der Waals surface area contributed by atoms with Crippen LogP contribution in [0, 0.1) is 5.92 Å². The van der Waals surface area contributed by atoms with Gasteiger partial charge in [0.25, 0.3) is 5.91 Å². The van der Waals surface area contributed by atoms with E-state index < -0.39 is 11.9 Å². The summed E-state index contributed by atoms with van der Waals surface area (Å²) in [6.45, 7) is 4.08. The van der Waals surface area contributed by atoms with Crippen LogP contribution in [-0.2, 0) is 11.3 Å². The number of ether oxygens (including phenoxy) is 2. The summed E-state index contributed by atoms with van der Waals surface area (Å²) in [6.07, 6.45) is 3.35. The van der Waals surface area contributed by atoms with Crippen LogP contribution in [0.25, 0.3) is 0 Å². The lowest BCUT2D eigenvalue weighted by Crippen LogP contribution is -2.49. The molecule has 2 aromatic rings. The van der Waals surface area contributed by atoms with Gasteiger partial charge in [0.15, 0.2) is 0 Å². The number of nitrogens with zero attached hydrogens (tertiary/aromatic N) is 1. The summed E-state index contributed by atoms with van der Waals surface area (Å²) in [7, 11) is 2.96. The van der Waals surface area contributed by atoms with E-state index in [-0.39, 0.29) is 17.4 Å². The van der Waals surface area contributed by atoms with E-state index in [0.29, 0.717) is 18.0 Å². The number of hydrogen-bond acceptors (Lipinski definition) is 5. The second-order valence-corrected chi connectivity index (χ2v) is 6.31. The summed E-state index contributed by atoms with van der Waals surface area (Å²) in [5, 5.41) is 5.63. The normalized spacial score (nSPS) is 11.6. The molecule has 7 nitrogen and oxygen atoms in total. The monoisotopic (exact) mass is 371 g/mol. The van der Waals surface area contributed by atoms with Crippen LogP contribution >= 0.6 is 0 Å². The molecular weight excluding hydrogens is 346 g/mol. The Morgan fingerprint density at radius 2 is 1.74 bits per heavy atom. The minimum Gasteiger partial charge on any atom is -0.496 e. The van der Waals surface area contributed by atoms with Gasteiger partial charge in [-0.25, -0.2) is 0 Å². The number of aromatic nitrogens is 1. The number of pyridine rings is 1. The van der Waals surface area contributed by atoms with Crippen LogP contribution in [0.3, 0.4) is 0 Å². The highest BCUT2D eigenvalue weighted by atomic mass is 16.5. The van der Waals surface area contributed by atoms with E-state index in [9.17, 15) is 9.59 Å². The smallest absolute Gasteiger partial charge is 0.259 e. The number of carbonyl (C=O) groups excluding carboxylic acids is 2. The maximum Gasteiger partial charge on any atom is 0.259 e. The first-order valence-electron chi connectivity index (χ1n) is 8.66. The third-order valence-electron chi connectivity index (χ3n) is 4.08. The van der Waals surface area contributed by atoms with Gasteiger partial charge in [0.1, 0.15) is 23.1 Å². The zero-order chi connectivity index (χ0) is 19.8. The molecule has 1 atom stereocenters. The molecule has 7 heteroatoms. The molecule has 0 spiro atoms. The summed E-state index contributed by atoms with van der Waals surface area (Å²) in [6, 6.07) is 8.04. The van der Waals surface area contributed by atoms with Crippen LogP contribution in [-0.4, -0.2) is 37.1 Å². The van der Waals surface area contributed by atoms with Crippen molar-refractivity contribution in [1.29, 1.82) is 0 Å². The fourth-order valence-corrected chi connectivity index (χ4v) is 2.63. The number of rotatable bonds is 8. The minimum absolute atomic E-state index is 0.108. The van der Waals surface area contributed by atoms with Crippen molar-refractivity contribution in [3.05, 3.63) is 53.9 Å². The first-order valence-corrected chi connectivity index (χ1v) is 8.66. The Morgan fingerprint density at radius 3 is 2.26 bits per heavy atom. The van der Waals surface area contributed by atoms with Crippen molar-refractivity contribution in [1.82, 2.24) is 15.6 Å². The second-order valence-electron chi connectivity index (χ2n) is 6.31. The highest BCUT2D eigenvalue weighted by Crippen LogP contribution is 2.28. The van der Waals surface area contributed by atoms with Crippen molar-refractivity contribution in [3.8, 4) is 11.5 Å². The van der Waals surface area contributed by atoms with Gasteiger partial charge in [-0.2, -0.15) is 0 Å². The molecule has 0 fully saturated rings. The van der Waals surface area contributed by atoms with Crippen LogP contribution in [0.4, 0.5) is 0 Å². The number of amides is 2. The summed E-state index contributed by atoms with van der Waals surface area (Å²) < 4.78 is 10.5. The molecule has 2 amide bonds. The lowest BCUT2D eigenvalue weighted by Gasteiger charge is -2.23. The molecule has 0 bridgehead atoms. The molecule has 1 heterocycles. The van der Waals surface area contributed by atoms with Gasteiger partial charge in [0.2, 0.25) is 5.91 Å². The van der Waals surface area contributed by atoms with E-state index in [0.717, 1.165) is 5.56 Å². The fourth-order valence-electron chi connectivity index (χ4n) is 2.63.